The average molecular weight is 539 g/mol. The smallest absolute Gasteiger partial charge is 0.262 e. The number of piperazine rings is 1. The van der Waals surface area contributed by atoms with E-state index in [4.69, 9.17) is 5.26 Å². The molecule has 2 heterocycles. The number of hydrogen-bond acceptors (Lipinski definition) is 4. The highest BCUT2D eigenvalue weighted by atomic mass is 16.2. The van der Waals surface area contributed by atoms with Crippen LogP contribution in [0.5, 0.6) is 0 Å². The molecule has 0 aliphatic carbocycles. The van der Waals surface area contributed by atoms with Crippen molar-refractivity contribution in [2.75, 3.05) is 24.5 Å². The minimum atomic E-state index is -0.0736. The topological polar surface area (TPSA) is 69.3 Å². The van der Waals surface area contributed by atoms with Crippen LogP contribution in [0.2, 0.25) is 0 Å². The van der Waals surface area contributed by atoms with E-state index in [2.05, 4.69) is 30.0 Å². The van der Waals surface area contributed by atoms with Gasteiger partial charge in [0.2, 0.25) is 0 Å². The van der Waals surface area contributed by atoms with E-state index in [1.807, 2.05) is 90.8 Å². The summed E-state index contributed by atoms with van der Waals surface area (Å²) in [7, 11) is 0. The molecule has 0 spiro atoms. The summed E-state index contributed by atoms with van der Waals surface area (Å²) < 4.78 is 1.71. The Bertz CT molecular complexity index is 1840. The van der Waals surface area contributed by atoms with E-state index >= 15 is 0 Å². The Morgan fingerprint density at radius 1 is 0.854 bits per heavy atom. The van der Waals surface area contributed by atoms with Gasteiger partial charge in [-0.2, -0.15) is 5.26 Å². The molecule has 5 aromatic rings. The van der Waals surface area contributed by atoms with Crippen molar-refractivity contribution < 1.29 is 4.79 Å². The Labute approximate surface area is 239 Å². The molecule has 6 nitrogen and oxygen atoms in total. The molecule has 202 valence electrons. The van der Waals surface area contributed by atoms with Crippen molar-refractivity contribution in [1.29, 1.82) is 5.26 Å². The van der Waals surface area contributed by atoms with Crippen LogP contribution >= 0.6 is 0 Å². The number of anilines is 1. The molecule has 41 heavy (non-hydrogen) atoms. The highest BCUT2D eigenvalue weighted by Gasteiger charge is 2.28. The Hall–Kier alpha value is -5.15. The third kappa shape index (κ3) is 4.87. The molecule has 6 rings (SSSR count). The molecule has 4 aromatic carbocycles. The molecule has 0 radical (unpaired) electrons. The van der Waals surface area contributed by atoms with Gasteiger partial charge in [-0.05, 0) is 90.5 Å². The lowest BCUT2D eigenvalue weighted by atomic mass is 9.96. The first-order chi connectivity index (χ1) is 19.9. The molecule has 1 aromatic heterocycles. The van der Waals surface area contributed by atoms with Gasteiger partial charge in [-0.3, -0.25) is 14.2 Å². The number of carbonyl (C=O) groups is 1. The summed E-state index contributed by atoms with van der Waals surface area (Å²) >= 11 is 0. The molecule has 1 aliphatic heterocycles. The number of amides is 1. The highest BCUT2D eigenvalue weighted by molar-refractivity contribution is 5.98. The van der Waals surface area contributed by atoms with Crippen LogP contribution < -0.4 is 10.5 Å². The third-order valence-corrected chi connectivity index (χ3v) is 7.96. The number of aryl methyl sites for hydroxylation is 1. The van der Waals surface area contributed by atoms with Crippen molar-refractivity contribution in [3.8, 4) is 22.9 Å². The van der Waals surface area contributed by atoms with Crippen molar-refractivity contribution >= 4 is 22.4 Å². The maximum absolute atomic E-state index is 13.7. The van der Waals surface area contributed by atoms with Gasteiger partial charge in [-0.25, -0.2) is 0 Å². The maximum atomic E-state index is 13.7. The molecule has 0 saturated carbocycles. The van der Waals surface area contributed by atoms with Crippen LogP contribution in [0, 0.1) is 18.3 Å². The van der Waals surface area contributed by atoms with E-state index in [1.165, 1.54) is 0 Å². The van der Waals surface area contributed by atoms with E-state index in [0.29, 0.717) is 17.5 Å². The number of aromatic nitrogens is 1. The molecule has 0 N–H and O–H groups in total. The van der Waals surface area contributed by atoms with Crippen molar-refractivity contribution in [1.82, 2.24) is 9.47 Å². The third-order valence-electron chi connectivity index (χ3n) is 7.96. The van der Waals surface area contributed by atoms with E-state index in [9.17, 15) is 9.59 Å². The van der Waals surface area contributed by atoms with Crippen LogP contribution in [0.25, 0.3) is 27.6 Å². The standard InChI is InChI=1S/C35H30N4O2/c1-24-22-39(35(41)32-10-6-9-31(33(24)32)27-13-11-26(21-36)12-14-27)30-17-15-29(16-18-30)37-19-20-38(25(2)23-37)34(40)28-7-4-3-5-8-28/h3-18,22,25H,19-20,23H2,1-2H3/t25-/m1/s1. The average Bonchev–Trinajstić information content (AvgIpc) is 3.02. The van der Waals surface area contributed by atoms with E-state index in [-0.39, 0.29) is 17.5 Å². The second-order valence-electron chi connectivity index (χ2n) is 10.6. The first-order valence-corrected chi connectivity index (χ1v) is 13.8. The van der Waals surface area contributed by atoms with Gasteiger partial charge in [0.15, 0.2) is 0 Å². The summed E-state index contributed by atoms with van der Waals surface area (Å²) in [5, 5.41) is 10.7. The normalized spacial score (nSPS) is 15.1. The SMILES string of the molecule is Cc1cn(-c2ccc(N3CCN(C(=O)c4ccccc4)[C@H](C)C3)cc2)c(=O)c2cccc(-c3ccc(C#N)cc3)c12. The van der Waals surface area contributed by atoms with Gasteiger partial charge < -0.3 is 9.80 Å². The molecule has 1 saturated heterocycles. The summed E-state index contributed by atoms with van der Waals surface area (Å²) in [6.45, 7) is 6.25. The van der Waals surface area contributed by atoms with Crippen LogP contribution in [0.3, 0.4) is 0 Å². The largest absolute Gasteiger partial charge is 0.368 e. The van der Waals surface area contributed by atoms with E-state index in [1.54, 1.807) is 16.7 Å². The summed E-state index contributed by atoms with van der Waals surface area (Å²) in [4.78, 5) is 30.9. The zero-order valence-electron chi connectivity index (χ0n) is 23.1. The number of rotatable bonds is 4. The number of benzene rings is 4. The lowest BCUT2D eigenvalue weighted by Crippen LogP contribution is -2.54. The predicted molar refractivity (Wildman–Crippen MR) is 164 cm³/mol. The molecule has 6 heteroatoms. The summed E-state index contributed by atoms with van der Waals surface area (Å²) in [6.07, 6.45) is 1.91. The highest BCUT2D eigenvalue weighted by Crippen LogP contribution is 2.30. The van der Waals surface area contributed by atoms with Crippen LogP contribution in [0.4, 0.5) is 5.69 Å². The second-order valence-corrected chi connectivity index (χ2v) is 10.6. The Kier molecular flexibility index (Phi) is 6.86. The lowest BCUT2D eigenvalue weighted by Gasteiger charge is -2.41. The molecule has 1 aliphatic rings. The fourth-order valence-electron chi connectivity index (χ4n) is 5.82. The van der Waals surface area contributed by atoms with Gasteiger partial charge in [0.1, 0.15) is 0 Å². The molecule has 1 atom stereocenters. The fourth-order valence-corrected chi connectivity index (χ4v) is 5.82. The van der Waals surface area contributed by atoms with Crippen LogP contribution in [-0.4, -0.2) is 41.1 Å². The molecule has 1 amide bonds. The summed E-state index contributed by atoms with van der Waals surface area (Å²) in [6, 6.07) is 33.0. The fraction of sp³-hybridized carbons (Fsp3) is 0.171. The monoisotopic (exact) mass is 538 g/mol. The van der Waals surface area contributed by atoms with E-state index in [0.717, 1.165) is 52.1 Å². The molecular weight excluding hydrogens is 508 g/mol. The van der Waals surface area contributed by atoms with Gasteiger partial charge in [0.25, 0.3) is 11.5 Å². The molecular formula is C35H30N4O2. The second kappa shape index (κ2) is 10.8. The minimum Gasteiger partial charge on any atom is -0.368 e. The van der Waals surface area contributed by atoms with E-state index < -0.39 is 0 Å². The Morgan fingerprint density at radius 2 is 1.56 bits per heavy atom. The van der Waals surface area contributed by atoms with Gasteiger partial charge in [-0.1, -0.05) is 42.5 Å². The number of hydrogen-bond donors (Lipinski definition) is 0. The minimum absolute atomic E-state index is 0.0708. The van der Waals surface area contributed by atoms with Crippen LogP contribution in [0.15, 0.2) is 108 Å². The number of nitrogens with zero attached hydrogens (tertiary/aromatic N) is 4. The van der Waals surface area contributed by atoms with Gasteiger partial charge in [0.05, 0.1) is 11.6 Å². The van der Waals surface area contributed by atoms with Crippen LogP contribution in [-0.2, 0) is 0 Å². The van der Waals surface area contributed by atoms with Crippen molar-refractivity contribution in [3.63, 3.8) is 0 Å². The van der Waals surface area contributed by atoms with Crippen molar-refractivity contribution in [2.24, 2.45) is 0 Å². The Balaban J connectivity index is 1.25. The molecule has 1 fully saturated rings. The Morgan fingerprint density at radius 3 is 2.24 bits per heavy atom. The number of carbonyl (C=O) groups excluding carboxylic acids is 1. The van der Waals surface area contributed by atoms with Gasteiger partial charge in [0, 0.05) is 54.2 Å². The summed E-state index contributed by atoms with van der Waals surface area (Å²) in [5.41, 5.74) is 6.07. The maximum Gasteiger partial charge on any atom is 0.262 e. The zero-order chi connectivity index (χ0) is 28.5. The lowest BCUT2D eigenvalue weighted by molar-refractivity contribution is 0.0674. The van der Waals surface area contributed by atoms with Crippen molar-refractivity contribution in [3.05, 3.63) is 130 Å². The quantitative estimate of drug-likeness (QED) is 0.274. The molecule has 0 bridgehead atoms. The number of pyridine rings is 1. The zero-order valence-corrected chi connectivity index (χ0v) is 23.1. The van der Waals surface area contributed by atoms with Crippen molar-refractivity contribution in [2.45, 2.75) is 19.9 Å². The first-order valence-electron chi connectivity index (χ1n) is 13.8. The number of fused-ring (bicyclic) bond motifs is 1. The van der Waals surface area contributed by atoms with Gasteiger partial charge >= 0.3 is 0 Å². The van der Waals surface area contributed by atoms with Gasteiger partial charge in [-0.15, -0.1) is 0 Å². The number of nitriles is 1. The predicted octanol–water partition coefficient (Wildman–Crippen LogP) is 6.19. The van der Waals surface area contributed by atoms with Crippen LogP contribution in [0.1, 0.15) is 28.4 Å². The summed E-state index contributed by atoms with van der Waals surface area (Å²) in [5.74, 6) is 0.0708. The first kappa shape index (κ1) is 26.1. The molecule has 0 unspecified atom stereocenters.